The molecule has 1 saturated heterocycles. The van der Waals surface area contributed by atoms with Crippen molar-refractivity contribution in [1.82, 2.24) is 10.2 Å². The number of rotatable bonds is 2. The van der Waals surface area contributed by atoms with E-state index in [2.05, 4.69) is 5.32 Å². The standard InChI is InChI=1S/C12H12FN3O/c13-12-9(6-14)2-1-3-10(12)8-16-5-4-15-7-11(16)17/h1-3,15H,4-5,7-8H2. The molecule has 1 fully saturated rings. The fourth-order valence-electron chi connectivity index (χ4n) is 1.81. The summed E-state index contributed by atoms with van der Waals surface area (Å²) in [7, 11) is 0. The van der Waals surface area contributed by atoms with Crippen LogP contribution < -0.4 is 5.32 Å². The second kappa shape index (κ2) is 4.93. The van der Waals surface area contributed by atoms with Crippen LogP contribution in [0.3, 0.4) is 0 Å². The Morgan fingerprint density at radius 2 is 2.35 bits per heavy atom. The Kier molecular flexibility index (Phi) is 3.35. The second-order valence-corrected chi connectivity index (χ2v) is 3.88. The summed E-state index contributed by atoms with van der Waals surface area (Å²) in [4.78, 5) is 13.1. The molecule has 1 amide bonds. The monoisotopic (exact) mass is 233 g/mol. The van der Waals surface area contributed by atoms with E-state index < -0.39 is 5.82 Å². The third kappa shape index (κ3) is 2.43. The maximum absolute atomic E-state index is 13.8. The van der Waals surface area contributed by atoms with E-state index in [-0.39, 0.29) is 18.0 Å². The molecule has 1 aromatic carbocycles. The number of carbonyl (C=O) groups is 1. The first-order chi connectivity index (χ1) is 8.22. The third-order valence-corrected chi connectivity index (χ3v) is 2.75. The van der Waals surface area contributed by atoms with Gasteiger partial charge in [0.1, 0.15) is 11.9 Å². The van der Waals surface area contributed by atoms with Gasteiger partial charge in [0.15, 0.2) is 0 Å². The molecule has 0 aromatic heterocycles. The van der Waals surface area contributed by atoms with Crippen LogP contribution in [0.1, 0.15) is 11.1 Å². The lowest BCUT2D eigenvalue weighted by atomic mass is 10.1. The normalized spacial score (nSPS) is 15.8. The topological polar surface area (TPSA) is 56.1 Å². The molecule has 1 heterocycles. The van der Waals surface area contributed by atoms with Crippen LogP contribution in [0.2, 0.25) is 0 Å². The number of amides is 1. The molecule has 5 heteroatoms. The number of piperazine rings is 1. The van der Waals surface area contributed by atoms with Crippen molar-refractivity contribution in [1.29, 1.82) is 5.26 Å². The van der Waals surface area contributed by atoms with E-state index in [1.54, 1.807) is 23.1 Å². The lowest BCUT2D eigenvalue weighted by Gasteiger charge is -2.27. The van der Waals surface area contributed by atoms with Crippen LogP contribution in [0.4, 0.5) is 4.39 Å². The third-order valence-electron chi connectivity index (χ3n) is 2.75. The Bertz CT molecular complexity index is 481. The van der Waals surface area contributed by atoms with Gasteiger partial charge in [-0.3, -0.25) is 4.79 Å². The zero-order chi connectivity index (χ0) is 12.3. The maximum atomic E-state index is 13.8. The highest BCUT2D eigenvalue weighted by Crippen LogP contribution is 2.14. The fourth-order valence-corrected chi connectivity index (χ4v) is 1.81. The molecule has 0 aliphatic carbocycles. The summed E-state index contributed by atoms with van der Waals surface area (Å²) in [5.74, 6) is -0.570. The van der Waals surface area contributed by atoms with Crippen LogP contribution in [0, 0.1) is 17.1 Å². The molecule has 17 heavy (non-hydrogen) atoms. The number of halogens is 1. The van der Waals surface area contributed by atoms with E-state index in [0.717, 1.165) is 0 Å². The van der Waals surface area contributed by atoms with Crippen LogP contribution in [-0.4, -0.2) is 30.4 Å². The van der Waals surface area contributed by atoms with Crippen LogP contribution in [-0.2, 0) is 11.3 Å². The van der Waals surface area contributed by atoms with E-state index in [1.165, 1.54) is 6.07 Å². The summed E-state index contributed by atoms with van der Waals surface area (Å²) < 4.78 is 13.8. The minimum atomic E-state index is -0.527. The van der Waals surface area contributed by atoms with Gasteiger partial charge in [-0.25, -0.2) is 4.39 Å². The van der Waals surface area contributed by atoms with E-state index in [1.807, 2.05) is 0 Å². The van der Waals surface area contributed by atoms with Gasteiger partial charge in [0.2, 0.25) is 5.91 Å². The van der Waals surface area contributed by atoms with E-state index >= 15 is 0 Å². The van der Waals surface area contributed by atoms with Crippen molar-refractivity contribution in [3.8, 4) is 6.07 Å². The highest BCUT2D eigenvalue weighted by molar-refractivity contribution is 5.79. The van der Waals surface area contributed by atoms with Crippen molar-refractivity contribution in [2.45, 2.75) is 6.54 Å². The lowest BCUT2D eigenvalue weighted by molar-refractivity contribution is -0.132. The van der Waals surface area contributed by atoms with Crippen molar-refractivity contribution in [2.75, 3.05) is 19.6 Å². The van der Waals surface area contributed by atoms with Crippen molar-refractivity contribution >= 4 is 5.91 Å². The van der Waals surface area contributed by atoms with Gasteiger partial charge in [-0.05, 0) is 6.07 Å². The molecule has 1 aliphatic heterocycles. The second-order valence-electron chi connectivity index (χ2n) is 3.88. The van der Waals surface area contributed by atoms with Gasteiger partial charge in [-0.15, -0.1) is 0 Å². The minimum Gasteiger partial charge on any atom is -0.336 e. The van der Waals surface area contributed by atoms with Gasteiger partial charge in [-0.2, -0.15) is 5.26 Å². The highest BCUT2D eigenvalue weighted by Gasteiger charge is 2.19. The van der Waals surface area contributed by atoms with Crippen LogP contribution in [0.25, 0.3) is 0 Å². The molecular formula is C12H12FN3O. The predicted octanol–water partition coefficient (Wildman–Crippen LogP) is 0.629. The lowest BCUT2D eigenvalue weighted by Crippen LogP contribution is -2.47. The largest absolute Gasteiger partial charge is 0.336 e. The van der Waals surface area contributed by atoms with Crippen molar-refractivity contribution < 1.29 is 9.18 Å². The maximum Gasteiger partial charge on any atom is 0.236 e. The van der Waals surface area contributed by atoms with Gasteiger partial charge >= 0.3 is 0 Å². The Morgan fingerprint density at radius 1 is 1.53 bits per heavy atom. The summed E-state index contributed by atoms with van der Waals surface area (Å²) in [5, 5.41) is 11.7. The van der Waals surface area contributed by atoms with Crippen molar-refractivity contribution in [3.05, 3.63) is 35.1 Å². The SMILES string of the molecule is N#Cc1cccc(CN2CCNCC2=O)c1F. The molecule has 88 valence electrons. The molecule has 1 N–H and O–H groups in total. The van der Waals surface area contributed by atoms with E-state index in [9.17, 15) is 9.18 Å². The number of nitrogens with one attached hydrogen (secondary N) is 1. The Morgan fingerprint density at radius 3 is 3.06 bits per heavy atom. The number of nitrogens with zero attached hydrogens (tertiary/aromatic N) is 2. The Labute approximate surface area is 98.6 Å². The number of benzene rings is 1. The molecule has 0 atom stereocenters. The Balaban J connectivity index is 2.18. The molecule has 0 radical (unpaired) electrons. The van der Waals surface area contributed by atoms with Crippen molar-refractivity contribution in [3.63, 3.8) is 0 Å². The molecule has 1 aromatic rings. The van der Waals surface area contributed by atoms with Crippen LogP contribution in [0.15, 0.2) is 18.2 Å². The number of hydrogen-bond acceptors (Lipinski definition) is 3. The Hall–Kier alpha value is -1.93. The number of nitriles is 1. The quantitative estimate of drug-likeness (QED) is 0.815. The van der Waals surface area contributed by atoms with E-state index in [4.69, 9.17) is 5.26 Å². The molecule has 0 spiro atoms. The summed E-state index contributed by atoms with van der Waals surface area (Å²) in [6.07, 6.45) is 0. The molecular weight excluding hydrogens is 221 g/mol. The number of hydrogen-bond donors (Lipinski definition) is 1. The average molecular weight is 233 g/mol. The number of carbonyl (C=O) groups excluding carboxylic acids is 1. The smallest absolute Gasteiger partial charge is 0.236 e. The fraction of sp³-hybridized carbons (Fsp3) is 0.333. The van der Waals surface area contributed by atoms with Gasteiger partial charge < -0.3 is 10.2 Å². The molecule has 1 aliphatic rings. The summed E-state index contributed by atoms with van der Waals surface area (Å²) in [6.45, 7) is 1.79. The highest BCUT2D eigenvalue weighted by atomic mass is 19.1. The molecule has 2 rings (SSSR count). The first kappa shape index (κ1) is 11.6. The molecule has 0 unspecified atom stereocenters. The molecule has 0 saturated carbocycles. The van der Waals surface area contributed by atoms with Gasteiger partial charge in [0.25, 0.3) is 0 Å². The predicted molar refractivity (Wildman–Crippen MR) is 59.4 cm³/mol. The molecule has 4 nitrogen and oxygen atoms in total. The van der Waals surface area contributed by atoms with Crippen molar-refractivity contribution in [2.24, 2.45) is 0 Å². The minimum absolute atomic E-state index is 0.0186. The summed E-state index contributed by atoms with van der Waals surface area (Å²) in [6, 6.07) is 6.45. The van der Waals surface area contributed by atoms with Crippen LogP contribution >= 0.6 is 0 Å². The first-order valence-electron chi connectivity index (χ1n) is 5.38. The van der Waals surface area contributed by atoms with Gasteiger partial charge in [-0.1, -0.05) is 12.1 Å². The van der Waals surface area contributed by atoms with E-state index in [0.29, 0.717) is 25.2 Å². The van der Waals surface area contributed by atoms with Crippen LogP contribution in [0.5, 0.6) is 0 Å². The average Bonchev–Trinajstić information content (AvgIpc) is 2.34. The molecule has 0 bridgehead atoms. The van der Waals surface area contributed by atoms with Gasteiger partial charge in [0, 0.05) is 25.2 Å². The van der Waals surface area contributed by atoms with Gasteiger partial charge in [0.05, 0.1) is 12.1 Å². The zero-order valence-corrected chi connectivity index (χ0v) is 9.24. The first-order valence-corrected chi connectivity index (χ1v) is 5.38. The summed E-state index contributed by atoms with van der Waals surface area (Å²) in [5.41, 5.74) is 0.407. The summed E-state index contributed by atoms with van der Waals surface area (Å²) >= 11 is 0. The zero-order valence-electron chi connectivity index (χ0n) is 9.24.